The van der Waals surface area contributed by atoms with Gasteiger partial charge in [-0.05, 0) is 97.3 Å². The Kier molecular flexibility index (Phi) is 8.01. The fraction of sp³-hybridized carbons (Fsp3) is 0.735. The highest BCUT2D eigenvalue weighted by molar-refractivity contribution is 5.90. The minimum atomic E-state index is -0.471. The van der Waals surface area contributed by atoms with Gasteiger partial charge in [0.2, 0.25) is 0 Å². The predicted octanol–water partition coefficient (Wildman–Crippen LogP) is 9.16. The molecule has 0 bridgehead atoms. The molecule has 1 aromatic carbocycles. The minimum Gasteiger partial charge on any atom is -0.458 e. The monoisotopic (exact) mass is 535 g/mol. The van der Waals surface area contributed by atoms with E-state index in [1.807, 2.05) is 0 Å². The van der Waals surface area contributed by atoms with Crippen molar-refractivity contribution in [2.75, 3.05) is 0 Å². The van der Waals surface area contributed by atoms with Gasteiger partial charge in [0, 0.05) is 18.6 Å². The Bertz CT molecular complexity index is 1110. The summed E-state index contributed by atoms with van der Waals surface area (Å²) in [7, 11) is 0. The minimum absolute atomic E-state index is 0.0786. The number of rotatable bonds is 8. The molecule has 0 saturated heterocycles. The molecular weight excluding hydrogens is 486 g/mol. The van der Waals surface area contributed by atoms with Crippen LogP contribution >= 0.6 is 0 Å². The normalized spacial score (nSPS) is 36.4. The van der Waals surface area contributed by atoms with E-state index in [1.165, 1.54) is 69.1 Å². The summed E-state index contributed by atoms with van der Waals surface area (Å²) in [6, 6.07) is 5.87. The van der Waals surface area contributed by atoms with Crippen LogP contribution in [0.25, 0.3) is 0 Å². The maximum atomic E-state index is 12.8. The molecule has 3 unspecified atom stereocenters. The molecule has 0 radical (unpaired) electrons. The molecule has 5 heteroatoms. The van der Waals surface area contributed by atoms with Crippen LogP contribution in [0.4, 0.5) is 5.69 Å². The van der Waals surface area contributed by atoms with E-state index in [0.29, 0.717) is 5.41 Å². The number of non-ortho nitro benzene ring substituents is 1. The van der Waals surface area contributed by atoms with Crippen molar-refractivity contribution in [1.29, 1.82) is 0 Å². The summed E-state index contributed by atoms with van der Waals surface area (Å²) < 4.78 is 5.91. The largest absolute Gasteiger partial charge is 0.458 e. The van der Waals surface area contributed by atoms with Crippen molar-refractivity contribution in [2.24, 2.45) is 46.3 Å². The van der Waals surface area contributed by atoms with Gasteiger partial charge in [-0.3, -0.25) is 10.1 Å². The molecule has 3 saturated carbocycles. The van der Waals surface area contributed by atoms with Gasteiger partial charge in [0.05, 0.1) is 10.5 Å². The third kappa shape index (κ3) is 5.32. The Morgan fingerprint density at radius 2 is 1.87 bits per heavy atom. The number of hydrogen-bond acceptors (Lipinski definition) is 4. The van der Waals surface area contributed by atoms with Crippen LogP contribution in [0.5, 0.6) is 0 Å². The van der Waals surface area contributed by atoms with Crippen LogP contribution in [-0.2, 0) is 4.74 Å². The predicted molar refractivity (Wildman–Crippen MR) is 155 cm³/mol. The number of nitro groups is 1. The number of ether oxygens (including phenoxy) is 1. The van der Waals surface area contributed by atoms with Crippen LogP contribution in [0.2, 0.25) is 0 Å². The summed E-state index contributed by atoms with van der Waals surface area (Å²) in [6.07, 6.45) is 15.9. The van der Waals surface area contributed by atoms with Gasteiger partial charge in [-0.1, -0.05) is 71.6 Å². The highest BCUT2D eigenvalue weighted by atomic mass is 16.6. The molecule has 3 fully saturated rings. The second-order valence-corrected chi connectivity index (χ2v) is 14.4. The van der Waals surface area contributed by atoms with Crippen molar-refractivity contribution in [3.8, 4) is 0 Å². The van der Waals surface area contributed by atoms with Crippen molar-refractivity contribution in [3.05, 3.63) is 51.6 Å². The summed E-state index contributed by atoms with van der Waals surface area (Å²) in [4.78, 5) is 23.5. The van der Waals surface area contributed by atoms with Gasteiger partial charge in [-0.25, -0.2) is 4.79 Å². The molecule has 0 spiro atoms. The van der Waals surface area contributed by atoms with Crippen LogP contribution in [0, 0.1) is 56.5 Å². The molecule has 4 aliphatic carbocycles. The Morgan fingerprint density at radius 1 is 1.08 bits per heavy atom. The van der Waals surface area contributed by atoms with Gasteiger partial charge >= 0.3 is 5.97 Å². The number of esters is 1. The lowest BCUT2D eigenvalue weighted by atomic mass is 9.47. The van der Waals surface area contributed by atoms with Crippen LogP contribution in [0.3, 0.4) is 0 Å². The Morgan fingerprint density at radius 3 is 2.62 bits per heavy atom. The lowest BCUT2D eigenvalue weighted by Crippen LogP contribution is -2.51. The van der Waals surface area contributed by atoms with Crippen molar-refractivity contribution in [1.82, 2.24) is 0 Å². The van der Waals surface area contributed by atoms with Gasteiger partial charge in [0.1, 0.15) is 6.10 Å². The number of benzene rings is 1. The molecule has 0 heterocycles. The first-order chi connectivity index (χ1) is 18.5. The zero-order valence-electron chi connectivity index (χ0n) is 24.8. The molecule has 0 aliphatic heterocycles. The highest BCUT2D eigenvalue weighted by Gasteiger charge is 2.59. The van der Waals surface area contributed by atoms with E-state index in [9.17, 15) is 14.9 Å². The second-order valence-electron chi connectivity index (χ2n) is 14.4. The zero-order chi connectivity index (χ0) is 27.9. The van der Waals surface area contributed by atoms with Crippen LogP contribution in [-0.4, -0.2) is 17.0 Å². The molecule has 5 rings (SSSR count). The number of nitro benzene ring substituents is 1. The molecule has 1 aromatic rings. The first kappa shape index (κ1) is 28.4. The average Bonchev–Trinajstić information content (AvgIpc) is 3.26. The average molecular weight is 536 g/mol. The summed E-state index contributed by atoms with van der Waals surface area (Å²) >= 11 is 0. The summed E-state index contributed by atoms with van der Waals surface area (Å²) in [5.74, 6) is 4.42. The van der Waals surface area contributed by atoms with E-state index in [-0.39, 0.29) is 22.8 Å². The van der Waals surface area contributed by atoms with E-state index in [1.54, 1.807) is 12.1 Å². The number of carbonyl (C=O) groups is 1. The molecule has 8 atom stereocenters. The number of fused-ring (bicyclic) bond motifs is 5. The van der Waals surface area contributed by atoms with Gasteiger partial charge < -0.3 is 4.74 Å². The maximum absolute atomic E-state index is 12.8. The highest BCUT2D eigenvalue weighted by Crippen LogP contribution is 2.67. The topological polar surface area (TPSA) is 69.4 Å². The van der Waals surface area contributed by atoms with Crippen LogP contribution < -0.4 is 0 Å². The quantitative estimate of drug-likeness (QED) is 0.144. The SMILES string of the molecule is CC(C)CCC[C@@H](C)[C@H]1CCC2C3CC=C4C[C@@H](OC(=O)c5cccc([N+](=O)[O-])c5)CC[C@]4(C)C3CC[C@@]21C. The molecule has 0 aromatic heterocycles. The lowest BCUT2D eigenvalue weighted by molar-refractivity contribution is -0.384. The van der Waals surface area contributed by atoms with Gasteiger partial charge in [-0.2, -0.15) is 0 Å². The molecule has 214 valence electrons. The fourth-order valence-corrected chi connectivity index (χ4v) is 9.72. The van der Waals surface area contributed by atoms with Crippen LogP contribution in [0.1, 0.15) is 116 Å². The van der Waals surface area contributed by atoms with E-state index >= 15 is 0 Å². The smallest absolute Gasteiger partial charge is 0.338 e. The summed E-state index contributed by atoms with van der Waals surface area (Å²) in [5.41, 5.74) is 2.37. The van der Waals surface area contributed by atoms with Crippen molar-refractivity contribution >= 4 is 11.7 Å². The van der Waals surface area contributed by atoms with E-state index in [0.717, 1.165) is 54.8 Å². The fourth-order valence-electron chi connectivity index (χ4n) is 9.72. The van der Waals surface area contributed by atoms with Gasteiger partial charge in [-0.15, -0.1) is 0 Å². The molecular formula is C34H49NO4. The second kappa shape index (κ2) is 11.0. The number of allylic oxidation sites excluding steroid dienone is 1. The Hall–Kier alpha value is -2.17. The standard InChI is InChI=1S/C34H49NO4/c1-22(2)8-6-9-23(3)29-14-15-30-28-13-12-25-21-27(16-18-33(25,4)31(28)17-19-34(29,30)5)39-32(36)24-10-7-11-26(20-24)35(37)38/h7,10-12,20,22-23,27-31H,6,8-9,13-19,21H2,1-5H3/t23-,27+,28?,29-,30?,31?,33+,34-/m1/s1. The third-order valence-corrected chi connectivity index (χ3v) is 11.8. The van der Waals surface area contributed by atoms with Crippen molar-refractivity contribution in [2.45, 2.75) is 111 Å². The maximum Gasteiger partial charge on any atom is 0.338 e. The molecule has 5 nitrogen and oxygen atoms in total. The third-order valence-electron chi connectivity index (χ3n) is 11.8. The molecule has 4 aliphatic rings. The molecule has 39 heavy (non-hydrogen) atoms. The first-order valence-electron chi connectivity index (χ1n) is 15.7. The van der Waals surface area contributed by atoms with Gasteiger partial charge in [0.15, 0.2) is 0 Å². The van der Waals surface area contributed by atoms with Crippen molar-refractivity contribution < 1.29 is 14.5 Å². The summed E-state index contributed by atoms with van der Waals surface area (Å²) in [6.45, 7) is 12.4. The zero-order valence-corrected chi connectivity index (χ0v) is 24.8. The van der Waals surface area contributed by atoms with Crippen molar-refractivity contribution in [3.63, 3.8) is 0 Å². The lowest BCUT2D eigenvalue weighted by Gasteiger charge is -2.58. The Labute approximate surface area is 235 Å². The van der Waals surface area contributed by atoms with Gasteiger partial charge in [0.25, 0.3) is 5.69 Å². The van der Waals surface area contributed by atoms with E-state index in [2.05, 4.69) is 40.7 Å². The molecule has 0 N–H and O–H groups in total. The molecule has 0 amide bonds. The van der Waals surface area contributed by atoms with Crippen LogP contribution in [0.15, 0.2) is 35.9 Å². The number of carbonyl (C=O) groups excluding carboxylic acids is 1. The number of hydrogen-bond donors (Lipinski definition) is 0. The number of nitrogens with zero attached hydrogens (tertiary/aromatic N) is 1. The first-order valence-corrected chi connectivity index (χ1v) is 15.7. The Balaban J connectivity index is 1.25. The van der Waals surface area contributed by atoms with E-state index < -0.39 is 10.9 Å². The van der Waals surface area contributed by atoms with E-state index in [4.69, 9.17) is 4.74 Å². The summed E-state index contributed by atoms with van der Waals surface area (Å²) in [5, 5.41) is 11.1.